The van der Waals surface area contributed by atoms with Crippen LogP contribution >= 0.6 is 0 Å². The first kappa shape index (κ1) is 9.07. The standard InChI is InChI=1S/C13H15N/c1-9-3-6-11(7-4-9)13-10(2)5-8-12(13)14/h3-8,10H,14H2,1-2H3. The summed E-state index contributed by atoms with van der Waals surface area (Å²) < 4.78 is 0. The Morgan fingerprint density at radius 3 is 2.29 bits per heavy atom. The quantitative estimate of drug-likeness (QED) is 0.715. The Labute approximate surface area is 84.9 Å². The maximum Gasteiger partial charge on any atom is 0.0355 e. The summed E-state index contributed by atoms with van der Waals surface area (Å²) in [5.74, 6) is 0.442. The second kappa shape index (κ2) is 3.33. The molecular formula is C13H15N. The highest BCUT2D eigenvalue weighted by Gasteiger charge is 2.15. The zero-order valence-electron chi connectivity index (χ0n) is 8.62. The molecule has 1 nitrogen and oxygen atoms in total. The molecule has 2 rings (SSSR count). The summed E-state index contributed by atoms with van der Waals surface area (Å²) >= 11 is 0. The molecule has 1 aliphatic carbocycles. The van der Waals surface area contributed by atoms with Crippen molar-refractivity contribution < 1.29 is 0 Å². The van der Waals surface area contributed by atoms with Gasteiger partial charge in [-0.2, -0.15) is 0 Å². The van der Waals surface area contributed by atoms with E-state index in [4.69, 9.17) is 5.73 Å². The van der Waals surface area contributed by atoms with Gasteiger partial charge >= 0.3 is 0 Å². The highest BCUT2D eigenvalue weighted by atomic mass is 14.6. The Kier molecular flexibility index (Phi) is 2.16. The molecule has 1 atom stereocenters. The molecule has 1 aromatic carbocycles. The first-order valence-electron chi connectivity index (χ1n) is 4.93. The van der Waals surface area contributed by atoms with Crippen LogP contribution in [0.4, 0.5) is 0 Å². The Hall–Kier alpha value is -1.50. The van der Waals surface area contributed by atoms with Gasteiger partial charge in [-0.3, -0.25) is 0 Å². The molecule has 1 unspecified atom stereocenters. The zero-order chi connectivity index (χ0) is 10.1. The molecule has 1 aliphatic rings. The largest absolute Gasteiger partial charge is 0.398 e. The fourth-order valence-corrected chi connectivity index (χ4v) is 1.86. The van der Waals surface area contributed by atoms with Gasteiger partial charge in [-0.05, 0) is 24.1 Å². The van der Waals surface area contributed by atoms with E-state index in [0.29, 0.717) is 5.92 Å². The van der Waals surface area contributed by atoms with Crippen LogP contribution in [-0.2, 0) is 0 Å². The predicted molar refractivity (Wildman–Crippen MR) is 60.6 cm³/mol. The first-order chi connectivity index (χ1) is 6.68. The van der Waals surface area contributed by atoms with Gasteiger partial charge < -0.3 is 5.73 Å². The van der Waals surface area contributed by atoms with E-state index in [9.17, 15) is 0 Å². The second-order valence-electron chi connectivity index (χ2n) is 3.88. The summed E-state index contributed by atoms with van der Waals surface area (Å²) in [7, 11) is 0. The van der Waals surface area contributed by atoms with E-state index in [1.54, 1.807) is 0 Å². The van der Waals surface area contributed by atoms with Gasteiger partial charge in [0.15, 0.2) is 0 Å². The summed E-state index contributed by atoms with van der Waals surface area (Å²) in [6.45, 7) is 4.27. The molecule has 0 fully saturated rings. The third kappa shape index (κ3) is 1.46. The van der Waals surface area contributed by atoms with E-state index in [1.165, 1.54) is 16.7 Å². The average Bonchev–Trinajstić information content (AvgIpc) is 2.49. The average molecular weight is 185 g/mol. The highest BCUT2D eigenvalue weighted by molar-refractivity contribution is 5.75. The summed E-state index contributed by atoms with van der Waals surface area (Å²) in [6.07, 6.45) is 4.14. The monoisotopic (exact) mass is 185 g/mol. The van der Waals surface area contributed by atoms with Crippen molar-refractivity contribution in [3.05, 3.63) is 53.2 Å². The molecule has 1 heteroatoms. The molecule has 0 spiro atoms. The lowest BCUT2D eigenvalue weighted by atomic mass is 9.96. The molecule has 14 heavy (non-hydrogen) atoms. The normalized spacial score (nSPS) is 20.6. The summed E-state index contributed by atoms with van der Waals surface area (Å²) in [5.41, 5.74) is 10.6. The van der Waals surface area contributed by atoms with Crippen molar-refractivity contribution >= 4 is 5.57 Å². The molecule has 0 radical (unpaired) electrons. The number of allylic oxidation sites excluding steroid dienone is 3. The molecule has 1 aromatic rings. The van der Waals surface area contributed by atoms with E-state index in [-0.39, 0.29) is 0 Å². The topological polar surface area (TPSA) is 26.0 Å². The van der Waals surface area contributed by atoms with Crippen LogP contribution in [0.1, 0.15) is 18.1 Å². The van der Waals surface area contributed by atoms with Crippen LogP contribution in [0.3, 0.4) is 0 Å². The van der Waals surface area contributed by atoms with Crippen LogP contribution in [0, 0.1) is 12.8 Å². The van der Waals surface area contributed by atoms with Crippen LogP contribution in [-0.4, -0.2) is 0 Å². The van der Waals surface area contributed by atoms with Gasteiger partial charge in [-0.1, -0.05) is 42.8 Å². The van der Waals surface area contributed by atoms with Crippen molar-refractivity contribution in [1.82, 2.24) is 0 Å². The fraction of sp³-hybridized carbons (Fsp3) is 0.231. The number of nitrogens with two attached hydrogens (primary N) is 1. The second-order valence-corrected chi connectivity index (χ2v) is 3.88. The van der Waals surface area contributed by atoms with E-state index < -0.39 is 0 Å². The van der Waals surface area contributed by atoms with E-state index >= 15 is 0 Å². The molecule has 0 aromatic heterocycles. The Morgan fingerprint density at radius 1 is 1.14 bits per heavy atom. The molecule has 0 saturated carbocycles. The minimum absolute atomic E-state index is 0.442. The van der Waals surface area contributed by atoms with Gasteiger partial charge in [0.2, 0.25) is 0 Å². The number of aryl methyl sites for hydroxylation is 1. The van der Waals surface area contributed by atoms with Gasteiger partial charge in [-0.15, -0.1) is 0 Å². The van der Waals surface area contributed by atoms with Gasteiger partial charge in [0.25, 0.3) is 0 Å². The van der Waals surface area contributed by atoms with Crippen molar-refractivity contribution in [3.63, 3.8) is 0 Å². The van der Waals surface area contributed by atoms with Crippen molar-refractivity contribution in [2.45, 2.75) is 13.8 Å². The number of benzene rings is 1. The van der Waals surface area contributed by atoms with Gasteiger partial charge in [0.05, 0.1) is 0 Å². The van der Waals surface area contributed by atoms with Crippen LogP contribution in [0.2, 0.25) is 0 Å². The maximum absolute atomic E-state index is 5.93. The molecule has 0 bridgehead atoms. The lowest BCUT2D eigenvalue weighted by Gasteiger charge is -2.10. The van der Waals surface area contributed by atoms with Crippen molar-refractivity contribution in [1.29, 1.82) is 0 Å². The summed E-state index contributed by atoms with van der Waals surface area (Å²) in [5, 5.41) is 0. The molecule has 0 saturated heterocycles. The maximum atomic E-state index is 5.93. The van der Waals surface area contributed by atoms with E-state index in [0.717, 1.165) is 5.70 Å². The number of rotatable bonds is 1. The Balaban J connectivity index is 2.41. The molecule has 0 heterocycles. The minimum Gasteiger partial charge on any atom is -0.398 e. The van der Waals surface area contributed by atoms with E-state index in [1.807, 2.05) is 6.08 Å². The molecule has 0 amide bonds. The van der Waals surface area contributed by atoms with Gasteiger partial charge in [0.1, 0.15) is 0 Å². The molecular weight excluding hydrogens is 170 g/mol. The highest BCUT2D eigenvalue weighted by Crippen LogP contribution is 2.31. The van der Waals surface area contributed by atoms with Gasteiger partial charge in [-0.25, -0.2) is 0 Å². The first-order valence-corrected chi connectivity index (χ1v) is 4.93. The molecule has 2 N–H and O–H groups in total. The van der Waals surface area contributed by atoms with Crippen LogP contribution < -0.4 is 5.73 Å². The number of hydrogen-bond acceptors (Lipinski definition) is 1. The Bertz CT molecular complexity index is 396. The SMILES string of the molecule is Cc1ccc(C2=C(N)C=CC2C)cc1. The smallest absolute Gasteiger partial charge is 0.0355 e. The van der Waals surface area contributed by atoms with Crippen molar-refractivity contribution in [3.8, 4) is 0 Å². The fourth-order valence-electron chi connectivity index (χ4n) is 1.86. The summed E-state index contributed by atoms with van der Waals surface area (Å²) in [6, 6.07) is 8.53. The molecule has 0 aliphatic heterocycles. The predicted octanol–water partition coefficient (Wildman–Crippen LogP) is 2.87. The third-order valence-electron chi connectivity index (χ3n) is 2.69. The molecule has 72 valence electrons. The van der Waals surface area contributed by atoms with Crippen molar-refractivity contribution in [2.24, 2.45) is 11.7 Å². The van der Waals surface area contributed by atoms with E-state index in [2.05, 4.69) is 44.2 Å². The van der Waals surface area contributed by atoms with Crippen LogP contribution in [0.25, 0.3) is 5.57 Å². The Morgan fingerprint density at radius 2 is 1.79 bits per heavy atom. The number of hydrogen-bond donors (Lipinski definition) is 1. The third-order valence-corrected chi connectivity index (χ3v) is 2.69. The van der Waals surface area contributed by atoms with Crippen molar-refractivity contribution in [2.75, 3.05) is 0 Å². The van der Waals surface area contributed by atoms with Gasteiger partial charge in [0, 0.05) is 11.6 Å². The van der Waals surface area contributed by atoms with Crippen LogP contribution in [0.15, 0.2) is 42.1 Å². The lowest BCUT2D eigenvalue weighted by Crippen LogP contribution is -1.99. The lowest BCUT2D eigenvalue weighted by molar-refractivity contribution is 0.977. The minimum atomic E-state index is 0.442. The summed E-state index contributed by atoms with van der Waals surface area (Å²) in [4.78, 5) is 0. The zero-order valence-corrected chi connectivity index (χ0v) is 8.62. The van der Waals surface area contributed by atoms with Crippen LogP contribution in [0.5, 0.6) is 0 Å².